The number of aryl methyl sites for hydroxylation is 1. The number of thiazole rings is 1. The molecule has 1 amide bonds. The van der Waals surface area contributed by atoms with E-state index in [1.807, 2.05) is 11.8 Å². The smallest absolute Gasteiger partial charge is 0.341 e. The van der Waals surface area contributed by atoms with Crippen molar-refractivity contribution in [1.29, 1.82) is 0 Å². The van der Waals surface area contributed by atoms with Gasteiger partial charge in [0.05, 0.1) is 18.5 Å². The summed E-state index contributed by atoms with van der Waals surface area (Å²) in [6.07, 6.45) is 3.99. The van der Waals surface area contributed by atoms with E-state index in [-0.39, 0.29) is 36.5 Å². The molecule has 0 radical (unpaired) electrons. The summed E-state index contributed by atoms with van der Waals surface area (Å²) in [5, 5.41) is 25.4. The Hall–Kier alpha value is -3.31. The van der Waals surface area contributed by atoms with Crippen molar-refractivity contribution in [3.8, 4) is 5.13 Å². The number of amides is 1. The molecule has 1 fully saturated rings. The molecule has 1 saturated heterocycles. The van der Waals surface area contributed by atoms with Gasteiger partial charge in [-0.1, -0.05) is 6.92 Å². The van der Waals surface area contributed by atoms with Crippen LogP contribution in [0.4, 0.5) is 5.82 Å². The van der Waals surface area contributed by atoms with Crippen LogP contribution in [0.2, 0.25) is 0 Å². The van der Waals surface area contributed by atoms with Gasteiger partial charge in [-0.05, 0) is 25.0 Å². The number of anilines is 1. The summed E-state index contributed by atoms with van der Waals surface area (Å²) in [7, 11) is 0. The van der Waals surface area contributed by atoms with E-state index in [1.54, 1.807) is 24.6 Å². The standard InChI is InChI=1S/C21H23N5O5S/c1-3-4-15(27)23-9-21(31)10-25(11-21)14-7-12(2)16-17(28)13(19(29)30)8-26(18(16)24-14)20-22-5-6-32-20/h5-8,31H,3-4,9-11H2,1-2H3,(H,23,27)(H,29,30). The van der Waals surface area contributed by atoms with E-state index in [0.29, 0.717) is 28.6 Å². The summed E-state index contributed by atoms with van der Waals surface area (Å²) in [4.78, 5) is 46.9. The molecule has 4 rings (SSSR count). The van der Waals surface area contributed by atoms with Crippen LogP contribution < -0.4 is 15.6 Å². The van der Waals surface area contributed by atoms with Gasteiger partial charge >= 0.3 is 5.97 Å². The summed E-state index contributed by atoms with van der Waals surface area (Å²) in [6, 6.07) is 1.71. The monoisotopic (exact) mass is 457 g/mol. The SMILES string of the molecule is CCCC(=O)NCC1(O)CN(c2cc(C)c3c(=O)c(C(=O)O)cn(-c4nccs4)c3n2)C1. The minimum absolute atomic E-state index is 0.0965. The number of rotatable bonds is 7. The quantitative estimate of drug-likeness (QED) is 0.483. The Morgan fingerprint density at radius 1 is 1.34 bits per heavy atom. The molecule has 10 nitrogen and oxygen atoms in total. The van der Waals surface area contributed by atoms with Gasteiger partial charge in [0.1, 0.15) is 17.0 Å². The van der Waals surface area contributed by atoms with Crippen LogP contribution in [0.15, 0.2) is 28.6 Å². The van der Waals surface area contributed by atoms with E-state index >= 15 is 0 Å². The number of aromatic nitrogens is 3. The number of carbonyl (C=O) groups is 2. The molecule has 0 bridgehead atoms. The first-order chi connectivity index (χ1) is 15.2. The van der Waals surface area contributed by atoms with Gasteiger partial charge in [0.15, 0.2) is 10.8 Å². The largest absolute Gasteiger partial charge is 0.477 e. The Bertz CT molecular complexity index is 1250. The molecule has 4 heterocycles. The number of nitrogens with zero attached hydrogens (tertiary/aromatic N) is 4. The molecule has 168 valence electrons. The summed E-state index contributed by atoms with van der Waals surface area (Å²) < 4.78 is 1.51. The molecule has 0 aliphatic carbocycles. The van der Waals surface area contributed by atoms with E-state index < -0.39 is 17.0 Å². The summed E-state index contributed by atoms with van der Waals surface area (Å²) in [5.74, 6) is -0.864. The molecular formula is C21H23N5O5S. The van der Waals surface area contributed by atoms with Crippen LogP contribution in [0.1, 0.15) is 35.7 Å². The maximum absolute atomic E-state index is 12.8. The third-order valence-corrected chi connectivity index (χ3v) is 6.15. The number of nitrogens with one attached hydrogen (secondary N) is 1. The van der Waals surface area contributed by atoms with Crippen molar-refractivity contribution in [3.63, 3.8) is 0 Å². The summed E-state index contributed by atoms with van der Waals surface area (Å²) in [6.45, 7) is 4.33. The van der Waals surface area contributed by atoms with Crippen molar-refractivity contribution in [2.75, 3.05) is 24.5 Å². The summed E-state index contributed by atoms with van der Waals surface area (Å²) >= 11 is 1.29. The zero-order valence-corrected chi connectivity index (χ0v) is 18.5. The maximum atomic E-state index is 12.8. The molecule has 0 spiro atoms. The number of carboxylic acids is 1. The number of hydrogen-bond acceptors (Lipinski definition) is 8. The zero-order valence-electron chi connectivity index (χ0n) is 17.7. The van der Waals surface area contributed by atoms with Crippen molar-refractivity contribution in [2.24, 2.45) is 0 Å². The van der Waals surface area contributed by atoms with Crippen LogP contribution >= 0.6 is 11.3 Å². The average molecular weight is 458 g/mol. The molecule has 0 unspecified atom stereocenters. The van der Waals surface area contributed by atoms with Crippen LogP contribution in [-0.2, 0) is 4.79 Å². The lowest BCUT2D eigenvalue weighted by Crippen LogP contribution is -2.66. The number of β-amino-alcohol motifs (C(OH)–C–C–N with tert-alkyl or cyclic N) is 1. The predicted molar refractivity (Wildman–Crippen MR) is 120 cm³/mol. The molecule has 32 heavy (non-hydrogen) atoms. The van der Waals surface area contributed by atoms with Crippen LogP contribution in [0.25, 0.3) is 16.2 Å². The van der Waals surface area contributed by atoms with Gasteiger partial charge in [-0.25, -0.2) is 14.8 Å². The van der Waals surface area contributed by atoms with Gasteiger partial charge in [0, 0.05) is 30.7 Å². The van der Waals surface area contributed by atoms with E-state index in [1.165, 1.54) is 22.1 Å². The molecule has 3 aromatic rings. The number of pyridine rings is 2. The number of aromatic carboxylic acids is 1. The van der Waals surface area contributed by atoms with Crippen LogP contribution in [0.5, 0.6) is 0 Å². The molecule has 1 aliphatic rings. The fraction of sp³-hybridized carbons (Fsp3) is 0.381. The Balaban J connectivity index is 1.69. The highest BCUT2D eigenvalue weighted by Crippen LogP contribution is 2.30. The van der Waals surface area contributed by atoms with Crippen molar-refractivity contribution in [1.82, 2.24) is 19.9 Å². The van der Waals surface area contributed by atoms with E-state index in [0.717, 1.165) is 6.42 Å². The number of hydrogen-bond donors (Lipinski definition) is 3. The van der Waals surface area contributed by atoms with Gasteiger partial charge in [0.25, 0.3) is 0 Å². The lowest BCUT2D eigenvalue weighted by molar-refractivity contribution is -0.122. The lowest BCUT2D eigenvalue weighted by Gasteiger charge is -2.47. The first-order valence-electron chi connectivity index (χ1n) is 10.2. The van der Waals surface area contributed by atoms with Crippen molar-refractivity contribution in [2.45, 2.75) is 32.3 Å². The van der Waals surface area contributed by atoms with Crippen molar-refractivity contribution in [3.05, 3.63) is 45.2 Å². The Morgan fingerprint density at radius 3 is 2.72 bits per heavy atom. The van der Waals surface area contributed by atoms with E-state index in [4.69, 9.17) is 0 Å². The highest BCUT2D eigenvalue weighted by molar-refractivity contribution is 7.12. The Kier molecular flexibility index (Phi) is 5.70. The van der Waals surface area contributed by atoms with Gasteiger partial charge < -0.3 is 20.4 Å². The molecule has 0 saturated carbocycles. The third-order valence-electron chi connectivity index (χ3n) is 5.38. The first kappa shape index (κ1) is 21.9. The Labute approximate surface area is 187 Å². The minimum Gasteiger partial charge on any atom is -0.477 e. The molecule has 0 aromatic carbocycles. The molecular weight excluding hydrogens is 434 g/mol. The van der Waals surface area contributed by atoms with Crippen molar-refractivity contribution < 1.29 is 19.8 Å². The highest BCUT2D eigenvalue weighted by atomic mass is 32.1. The van der Waals surface area contributed by atoms with E-state index in [9.17, 15) is 24.6 Å². The molecule has 3 aromatic heterocycles. The predicted octanol–water partition coefficient (Wildman–Crippen LogP) is 1.32. The normalized spacial score (nSPS) is 14.9. The fourth-order valence-electron chi connectivity index (χ4n) is 3.79. The van der Waals surface area contributed by atoms with Crippen LogP contribution in [0, 0.1) is 6.92 Å². The van der Waals surface area contributed by atoms with Gasteiger partial charge in [-0.2, -0.15) is 0 Å². The minimum atomic E-state index is -1.32. The maximum Gasteiger partial charge on any atom is 0.341 e. The van der Waals surface area contributed by atoms with E-state index in [2.05, 4.69) is 15.3 Å². The molecule has 1 aliphatic heterocycles. The number of aliphatic hydroxyl groups is 1. The highest BCUT2D eigenvalue weighted by Gasteiger charge is 2.42. The summed E-state index contributed by atoms with van der Waals surface area (Å²) in [5.41, 5.74) is -1.13. The topological polar surface area (TPSA) is 138 Å². The van der Waals surface area contributed by atoms with Gasteiger partial charge in [0.2, 0.25) is 11.3 Å². The van der Waals surface area contributed by atoms with Crippen LogP contribution in [0.3, 0.4) is 0 Å². The second-order valence-corrected chi connectivity index (χ2v) is 8.84. The Morgan fingerprint density at radius 2 is 2.09 bits per heavy atom. The second-order valence-electron chi connectivity index (χ2n) is 7.96. The van der Waals surface area contributed by atoms with Crippen LogP contribution in [-0.4, -0.2) is 61.9 Å². The number of fused-ring (bicyclic) bond motifs is 1. The first-order valence-corrected chi connectivity index (χ1v) is 11.0. The van der Waals surface area contributed by atoms with Crippen molar-refractivity contribution >= 4 is 40.1 Å². The second kappa shape index (κ2) is 8.32. The van der Waals surface area contributed by atoms with Gasteiger partial charge in [-0.3, -0.25) is 14.2 Å². The van der Waals surface area contributed by atoms with Gasteiger partial charge in [-0.15, -0.1) is 11.3 Å². The third kappa shape index (κ3) is 3.96. The fourth-order valence-corrected chi connectivity index (χ4v) is 4.41. The average Bonchev–Trinajstić information content (AvgIpc) is 3.24. The molecule has 0 atom stereocenters. The molecule has 3 N–H and O–H groups in total. The molecule has 11 heteroatoms. The number of carboxylic acid groups (broad SMARTS) is 1. The zero-order chi connectivity index (χ0) is 23.0. The lowest BCUT2D eigenvalue weighted by atomic mass is 9.93. The number of carbonyl (C=O) groups excluding carboxylic acids is 1.